The number of ether oxygens (including phenoxy) is 1. The molecule has 3 saturated heterocycles. The number of hydrogen-bond acceptors (Lipinski definition) is 4. The fourth-order valence-corrected chi connectivity index (χ4v) is 4.93. The van der Waals surface area contributed by atoms with Gasteiger partial charge in [0.05, 0.1) is 22.9 Å². The number of amides is 3. The van der Waals surface area contributed by atoms with Gasteiger partial charge in [0.15, 0.2) is 0 Å². The third-order valence-corrected chi connectivity index (χ3v) is 6.76. The Morgan fingerprint density at radius 3 is 2.71 bits per heavy atom. The molecule has 1 N–H and O–H groups in total. The summed E-state index contributed by atoms with van der Waals surface area (Å²) in [6.07, 6.45) is 2.60. The van der Waals surface area contributed by atoms with Gasteiger partial charge in [-0.1, -0.05) is 29.3 Å². The van der Waals surface area contributed by atoms with Crippen molar-refractivity contribution in [3.63, 3.8) is 0 Å². The second-order valence-corrected chi connectivity index (χ2v) is 9.09. The Morgan fingerprint density at radius 2 is 1.97 bits per heavy atom. The number of likely N-dealkylation sites (tertiary alicyclic amines) is 2. The molecule has 162 valence electrons. The number of halogens is 2. The first-order chi connectivity index (χ1) is 15.0. The lowest BCUT2D eigenvalue weighted by molar-refractivity contribution is -0.139. The highest BCUT2D eigenvalue weighted by molar-refractivity contribution is 6.36. The molecule has 31 heavy (non-hydrogen) atoms. The normalized spacial score (nSPS) is 23.7. The average molecular weight is 461 g/mol. The molecule has 0 spiro atoms. The minimum atomic E-state index is -0.118. The highest BCUT2D eigenvalue weighted by Gasteiger charge is 2.40. The van der Waals surface area contributed by atoms with Crippen LogP contribution in [0.5, 0.6) is 0 Å². The van der Waals surface area contributed by atoms with Gasteiger partial charge < -0.3 is 19.9 Å². The van der Waals surface area contributed by atoms with Crippen LogP contribution < -0.4 is 5.32 Å². The van der Waals surface area contributed by atoms with E-state index < -0.39 is 0 Å². The zero-order valence-corrected chi connectivity index (χ0v) is 18.3. The van der Waals surface area contributed by atoms with E-state index in [1.807, 2.05) is 34.2 Å². The van der Waals surface area contributed by atoms with Gasteiger partial charge in [0, 0.05) is 48.9 Å². The van der Waals surface area contributed by atoms with Crippen LogP contribution in [0.1, 0.15) is 17.9 Å². The molecule has 3 aliphatic rings. The smallest absolute Gasteiger partial charge is 0.320 e. The number of hydrogen-bond donors (Lipinski definition) is 1. The summed E-state index contributed by atoms with van der Waals surface area (Å²) >= 11 is 12.2. The van der Waals surface area contributed by atoms with E-state index in [0.29, 0.717) is 36.2 Å². The Hall–Kier alpha value is -2.35. The molecule has 3 fully saturated rings. The molecule has 0 saturated carbocycles. The van der Waals surface area contributed by atoms with E-state index in [1.54, 1.807) is 12.1 Å². The molecule has 1 aromatic heterocycles. The molecule has 1 aromatic carbocycles. The Labute approximate surface area is 190 Å². The van der Waals surface area contributed by atoms with Gasteiger partial charge in [0.25, 0.3) is 0 Å². The average Bonchev–Trinajstić information content (AvgIpc) is 2.73. The number of carbonyl (C=O) groups excluding carboxylic acids is 2. The Kier molecular flexibility index (Phi) is 5.50. The monoisotopic (exact) mass is 460 g/mol. The molecule has 4 heterocycles. The zero-order valence-electron chi connectivity index (χ0n) is 16.8. The molecule has 0 unspecified atom stereocenters. The zero-order chi connectivity index (χ0) is 21.5. The molecule has 0 radical (unpaired) electrons. The number of aromatic nitrogens is 1. The molecular formula is C22H22Cl2N4O3. The van der Waals surface area contributed by atoms with Crippen LogP contribution in [0.15, 0.2) is 36.5 Å². The third kappa shape index (κ3) is 4.10. The number of fused-ring (bicyclic) bond motifs is 1. The molecule has 0 aliphatic carbocycles. The number of nitrogens with one attached hydrogen (secondary N) is 1. The number of urea groups is 1. The summed E-state index contributed by atoms with van der Waals surface area (Å²) in [6, 6.07) is 9.25. The molecule has 2 aromatic rings. The van der Waals surface area contributed by atoms with E-state index in [4.69, 9.17) is 27.9 Å². The van der Waals surface area contributed by atoms with Gasteiger partial charge >= 0.3 is 6.03 Å². The fourth-order valence-electron chi connectivity index (χ4n) is 4.42. The van der Waals surface area contributed by atoms with E-state index in [1.165, 1.54) is 0 Å². The summed E-state index contributed by atoms with van der Waals surface area (Å²) in [4.78, 5) is 32.7. The van der Waals surface area contributed by atoms with E-state index in [2.05, 4.69) is 10.3 Å². The van der Waals surface area contributed by atoms with Gasteiger partial charge in [-0.05, 0) is 36.2 Å². The lowest BCUT2D eigenvalue weighted by Gasteiger charge is -2.46. The van der Waals surface area contributed by atoms with Gasteiger partial charge in [0.2, 0.25) is 5.91 Å². The molecule has 9 heteroatoms. The maximum absolute atomic E-state index is 12.9. The second-order valence-electron chi connectivity index (χ2n) is 8.24. The maximum Gasteiger partial charge on any atom is 0.320 e. The quantitative estimate of drug-likeness (QED) is 0.746. The first-order valence-electron chi connectivity index (χ1n) is 10.3. The minimum Gasteiger partial charge on any atom is -0.366 e. The van der Waals surface area contributed by atoms with Crippen LogP contribution in [0, 0.1) is 0 Å². The lowest BCUT2D eigenvalue weighted by Crippen LogP contribution is -2.63. The summed E-state index contributed by atoms with van der Waals surface area (Å²) in [7, 11) is 0. The highest BCUT2D eigenvalue weighted by atomic mass is 35.5. The van der Waals surface area contributed by atoms with Crippen molar-refractivity contribution in [2.24, 2.45) is 0 Å². The van der Waals surface area contributed by atoms with Crippen molar-refractivity contribution in [2.45, 2.75) is 24.5 Å². The molecule has 3 aliphatic heterocycles. The molecule has 2 atom stereocenters. The predicted molar refractivity (Wildman–Crippen MR) is 117 cm³/mol. The number of pyridine rings is 1. The number of carbonyl (C=O) groups is 2. The number of benzene rings is 1. The van der Waals surface area contributed by atoms with Crippen LogP contribution in [0.4, 0.5) is 4.79 Å². The van der Waals surface area contributed by atoms with Gasteiger partial charge in [0.1, 0.15) is 6.61 Å². The van der Waals surface area contributed by atoms with Crippen LogP contribution in [-0.2, 0) is 9.53 Å². The fraction of sp³-hybridized carbons (Fsp3) is 0.409. The van der Waals surface area contributed by atoms with E-state index >= 15 is 0 Å². The standard InChI is InChI=1S/C22H22Cl2N4O3/c23-15-2-3-16(17(24)7-15)18-4-1-13(8-25-18)14-9-28(10-14)22(30)27-6-5-20-19(11-27)26-21(29)12-31-20/h1-4,7-8,14,19-20H,5-6,9-12H2,(H,26,29)/t19-,20+/m1/s1. The topological polar surface area (TPSA) is 74.8 Å². The highest BCUT2D eigenvalue weighted by Crippen LogP contribution is 2.32. The number of nitrogens with zero attached hydrogens (tertiary/aromatic N) is 3. The maximum atomic E-state index is 12.9. The van der Waals surface area contributed by atoms with Crippen LogP contribution in [0.2, 0.25) is 10.0 Å². The lowest BCUT2D eigenvalue weighted by atomic mass is 9.92. The van der Waals surface area contributed by atoms with Gasteiger partial charge in [-0.3, -0.25) is 9.78 Å². The van der Waals surface area contributed by atoms with Crippen molar-refractivity contribution in [1.82, 2.24) is 20.1 Å². The van der Waals surface area contributed by atoms with Crippen LogP contribution in [0.3, 0.4) is 0 Å². The third-order valence-electron chi connectivity index (χ3n) is 6.21. The Morgan fingerprint density at radius 1 is 1.13 bits per heavy atom. The summed E-state index contributed by atoms with van der Waals surface area (Å²) < 4.78 is 5.57. The summed E-state index contributed by atoms with van der Waals surface area (Å²) in [6.45, 7) is 2.58. The molecule has 5 rings (SSSR count). The summed E-state index contributed by atoms with van der Waals surface area (Å²) in [5.74, 6) is 0.150. The van der Waals surface area contributed by atoms with Gasteiger partial charge in [-0.25, -0.2) is 4.79 Å². The molecule has 7 nitrogen and oxygen atoms in total. The van der Waals surface area contributed by atoms with Crippen molar-refractivity contribution in [2.75, 3.05) is 32.8 Å². The Bertz CT molecular complexity index is 1010. The summed E-state index contributed by atoms with van der Waals surface area (Å²) in [5.41, 5.74) is 2.73. The van der Waals surface area contributed by atoms with Crippen LogP contribution >= 0.6 is 23.2 Å². The van der Waals surface area contributed by atoms with Crippen molar-refractivity contribution >= 4 is 35.1 Å². The van der Waals surface area contributed by atoms with Crippen molar-refractivity contribution < 1.29 is 14.3 Å². The minimum absolute atomic E-state index is 0.00428. The van der Waals surface area contributed by atoms with Crippen molar-refractivity contribution in [3.05, 3.63) is 52.1 Å². The van der Waals surface area contributed by atoms with Gasteiger partial charge in [-0.15, -0.1) is 0 Å². The van der Waals surface area contributed by atoms with Crippen LogP contribution in [-0.4, -0.2) is 71.7 Å². The molecule has 0 bridgehead atoms. The Balaban J connectivity index is 1.18. The van der Waals surface area contributed by atoms with E-state index in [-0.39, 0.29) is 36.6 Å². The van der Waals surface area contributed by atoms with Gasteiger partial charge in [-0.2, -0.15) is 0 Å². The molecular weight excluding hydrogens is 439 g/mol. The predicted octanol–water partition coefficient (Wildman–Crippen LogP) is 3.16. The largest absolute Gasteiger partial charge is 0.366 e. The van der Waals surface area contributed by atoms with Crippen LogP contribution in [0.25, 0.3) is 11.3 Å². The van der Waals surface area contributed by atoms with E-state index in [9.17, 15) is 9.59 Å². The number of morpholine rings is 1. The number of piperidine rings is 1. The summed E-state index contributed by atoms with van der Waals surface area (Å²) in [5, 5.41) is 4.09. The first-order valence-corrected chi connectivity index (χ1v) is 11.1. The second kappa shape index (κ2) is 8.30. The number of rotatable bonds is 2. The van der Waals surface area contributed by atoms with E-state index in [0.717, 1.165) is 23.2 Å². The molecule has 3 amide bonds. The van der Waals surface area contributed by atoms with Crippen molar-refractivity contribution in [1.29, 1.82) is 0 Å². The first kappa shape index (κ1) is 20.5. The SMILES string of the molecule is O=C1CO[C@H]2CCN(C(=O)N3CC(c4ccc(-c5ccc(Cl)cc5Cl)nc4)C3)C[C@H]2N1. The van der Waals surface area contributed by atoms with Crippen molar-refractivity contribution in [3.8, 4) is 11.3 Å².